The Labute approximate surface area is 205 Å². The molecule has 1 aliphatic rings. The van der Waals surface area contributed by atoms with E-state index in [4.69, 9.17) is 9.72 Å². The zero-order valence-electron chi connectivity index (χ0n) is 19.6. The molecule has 2 aromatic carbocycles. The van der Waals surface area contributed by atoms with Gasteiger partial charge in [0.25, 0.3) is 0 Å². The number of ether oxygens (including phenoxy) is 1. The van der Waals surface area contributed by atoms with Gasteiger partial charge < -0.3 is 10.1 Å². The van der Waals surface area contributed by atoms with Gasteiger partial charge in [0.2, 0.25) is 15.9 Å². The Bertz CT molecular complexity index is 1290. The lowest BCUT2D eigenvalue weighted by Crippen LogP contribution is -2.28. The fourth-order valence-corrected chi connectivity index (χ4v) is 6.59. The van der Waals surface area contributed by atoms with Gasteiger partial charge in [0.1, 0.15) is 11.3 Å². The molecule has 0 saturated carbocycles. The number of pyridine rings is 1. The van der Waals surface area contributed by atoms with E-state index in [1.54, 1.807) is 31.4 Å². The highest BCUT2D eigenvalue weighted by atomic mass is 32.2. The zero-order valence-corrected chi connectivity index (χ0v) is 21.2. The maximum absolute atomic E-state index is 13.0. The monoisotopic (exact) mass is 499 g/mol. The molecule has 0 radical (unpaired) electrons. The first-order chi connectivity index (χ1) is 16.3. The van der Waals surface area contributed by atoms with Gasteiger partial charge in [0.05, 0.1) is 22.3 Å². The van der Waals surface area contributed by atoms with E-state index in [0.717, 1.165) is 34.3 Å². The van der Waals surface area contributed by atoms with E-state index in [1.807, 2.05) is 38.1 Å². The van der Waals surface area contributed by atoms with Gasteiger partial charge >= 0.3 is 0 Å². The Kier molecular flexibility index (Phi) is 7.45. The summed E-state index contributed by atoms with van der Waals surface area (Å²) in [7, 11) is -1.85. The Morgan fingerprint density at radius 2 is 1.88 bits per heavy atom. The Hall–Kier alpha value is -2.62. The number of carbonyl (C=O) groups is 1. The molecule has 2 heterocycles. The van der Waals surface area contributed by atoms with Crippen molar-refractivity contribution < 1.29 is 17.9 Å². The van der Waals surface area contributed by atoms with Gasteiger partial charge in [-0.2, -0.15) is 4.31 Å². The summed E-state index contributed by atoms with van der Waals surface area (Å²) < 4.78 is 32.4. The predicted octanol–water partition coefficient (Wildman–Crippen LogP) is 4.85. The largest absolute Gasteiger partial charge is 0.494 e. The standard InChI is InChI=1S/C25H29N3O4S2/c1-4-22(33-23-16-17(2)20-8-7-9-21(32-3)24(20)27-23)25(29)26-18-10-12-19(13-11-18)34(30,31)28-14-5-6-15-28/h7-13,16,22H,4-6,14-15H2,1-3H3,(H,26,29). The van der Waals surface area contributed by atoms with Crippen LogP contribution in [-0.2, 0) is 14.8 Å². The van der Waals surface area contributed by atoms with Gasteiger partial charge in [0, 0.05) is 24.2 Å². The highest BCUT2D eigenvalue weighted by Gasteiger charge is 2.27. The second kappa shape index (κ2) is 10.3. The molecule has 1 saturated heterocycles. The molecule has 0 aliphatic carbocycles. The Morgan fingerprint density at radius 3 is 2.53 bits per heavy atom. The number of hydrogen-bond acceptors (Lipinski definition) is 6. The molecule has 0 spiro atoms. The molecule has 180 valence electrons. The van der Waals surface area contributed by atoms with Gasteiger partial charge in [-0.1, -0.05) is 30.8 Å². The van der Waals surface area contributed by atoms with Crippen LogP contribution in [0.3, 0.4) is 0 Å². The van der Waals surface area contributed by atoms with Crippen LogP contribution >= 0.6 is 11.8 Å². The predicted molar refractivity (Wildman–Crippen MR) is 136 cm³/mol. The lowest BCUT2D eigenvalue weighted by molar-refractivity contribution is -0.115. The van der Waals surface area contributed by atoms with Crippen molar-refractivity contribution in [2.24, 2.45) is 0 Å². The number of aryl methyl sites for hydroxylation is 1. The van der Waals surface area contributed by atoms with E-state index in [0.29, 0.717) is 30.9 Å². The minimum Gasteiger partial charge on any atom is -0.494 e. The van der Waals surface area contributed by atoms with Crippen LogP contribution in [0.1, 0.15) is 31.7 Å². The van der Waals surface area contributed by atoms with Crippen LogP contribution in [0.4, 0.5) is 5.69 Å². The van der Waals surface area contributed by atoms with Crippen LogP contribution < -0.4 is 10.1 Å². The Morgan fingerprint density at radius 1 is 1.18 bits per heavy atom. The third-order valence-electron chi connectivity index (χ3n) is 5.96. The van der Waals surface area contributed by atoms with Crippen molar-refractivity contribution in [3.05, 3.63) is 54.1 Å². The average Bonchev–Trinajstić information content (AvgIpc) is 3.38. The molecular weight excluding hydrogens is 470 g/mol. The van der Waals surface area contributed by atoms with Crippen molar-refractivity contribution in [3.63, 3.8) is 0 Å². The highest BCUT2D eigenvalue weighted by Crippen LogP contribution is 2.32. The van der Waals surface area contributed by atoms with Gasteiger partial charge in [-0.25, -0.2) is 13.4 Å². The number of thioether (sulfide) groups is 1. The first kappa shape index (κ1) is 24.5. The molecule has 1 amide bonds. The second-order valence-corrected chi connectivity index (χ2v) is 11.4. The molecule has 0 bridgehead atoms. The summed E-state index contributed by atoms with van der Waals surface area (Å²) >= 11 is 1.41. The smallest absolute Gasteiger partial charge is 0.243 e. The van der Waals surface area contributed by atoms with Crippen LogP contribution in [-0.4, -0.2) is 49.1 Å². The summed E-state index contributed by atoms with van der Waals surface area (Å²) in [6.45, 7) is 5.10. The number of methoxy groups -OCH3 is 1. The van der Waals surface area contributed by atoms with Crippen LogP contribution in [0.5, 0.6) is 5.75 Å². The fraction of sp³-hybridized carbons (Fsp3) is 0.360. The molecule has 9 heteroatoms. The number of sulfonamides is 1. The number of aromatic nitrogens is 1. The van der Waals surface area contributed by atoms with Gasteiger partial charge in [-0.3, -0.25) is 4.79 Å². The SMILES string of the molecule is CCC(Sc1cc(C)c2cccc(OC)c2n1)C(=O)Nc1ccc(S(=O)(=O)N2CCCC2)cc1. The van der Waals surface area contributed by atoms with E-state index in [-0.39, 0.29) is 16.1 Å². The van der Waals surface area contributed by atoms with Crippen LogP contribution in [0, 0.1) is 6.92 Å². The molecule has 34 heavy (non-hydrogen) atoms. The molecule has 1 fully saturated rings. The molecule has 4 rings (SSSR count). The Balaban J connectivity index is 1.48. The van der Waals surface area contributed by atoms with E-state index >= 15 is 0 Å². The zero-order chi connectivity index (χ0) is 24.3. The molecular formula is C25H29N3O4S2. The normalized spacial score (nSPS) is 15.4. The van der Waals surface area contributed by atoms with E-state index < -0.39 is 10.0 Å². The van der Waals surface area contributed by atoms with Crippen molar-refractivity contribution in [3.8, 4) is 5.75 Å². The van der Waals surface area contributed by atoms with Crippen LogP contribution in [0.2, 0.25) is 0 Å². The van der Waals surface area contributed by atoms with E-state index in [2.05, 4.69) is 5.32 Å². The summed E-state index contributed by atoms with van der Waals surface area (Å²) in [6, 6.07) is 14.2. The number of rotatable bonds is 8. The number of nitrogens with one attached hydrogen (secondary N) is 1. The summed E-state index contributed by atoms with van der Waals surface area (Å²) in [5.41, 5.74) is 2.41. The fourth-order valence-electron chi connectivity index (χ4n) is 4.06. The maximum Gasteiger partial charge on any atom is 0.243 e. The van der Waals surface area contributed by atoms with Gasteiger partial charge in [-0.15, -0.1) is 0 Å². The van der Waals surface area contributed by atoms with Crippen molar-refractivity contribution in [1.29, 1.82) is 0 Å². The number of carbonyl (C=O) groups excluding carboxylic acids is 1. The molecule has 1 N–H and O–H groups in total. The summed E-state index contributed by atoms with van der Waals surface area (Å²) in [5.74, 6) is 0.548. The molecule has 1 aromatic heterocycles. The molecule has 1 unspecified atom stereocenters. The number of amides is 1. The number of nitrogens with zero attached hydrogens (tertiary/aromatic N) is 2. The highest BCUT2D eigenvalue weighted by molar-refractivity contribution is 8.00. The average molecular weight is 500 g/mol. The number of fused-ring (bicyclic) bond motifs is 1. The van der Waals surface area contributed by atoms with Crippen molar-refractivity contribution in [1.82, 2.24) is 9.29 Å². The summed E-state index contributed by atoms with van der Waals surface area (Å²) in [4.78, 5) is 18.0. The minimum atomic E-state index is -3.48. The molecule has 3 aromatic rings. The topological polar surface area (TPSA) is 88.6 Å². The van der Waals surface area contributed by atoms with Crippen molar-refractivity contribution in [2.45, 2.75) is 48.3 Å². The lowest BCUT2D eigenvalue weighted by Gasteiger charge is -2.17. The van der Waals surface area contributed by atoms with E-state index in [9.17, 15) is 13.2 Å². The number of anilines is 1. The van der Waals surface area contributed by atoms with Crippen molar-refractivity contribution in [2.75, 3.05) is 25.5 Å². The van der Waals surface area contributed by atoms with Crippen LogP contribution in [0.15, 0.2) is 58.5 Å². The second-order valence-electron chi connectivity index (χ2n) is 8.27. The molecule has 1 aliphatic heterocycles. The number of benzene rings is 2. The maximum atomic E-state index is 13.0. The quantitative estimate of drug-likeness (QED) is 0.446. The minimum absolute atomic E-state index is 0.151. The third kappa shape index (κ3) is 5.06. The number of hydrogen-bond donors (Lipinski definition) is 1. The first-order valence-corrected chi connectivity index (χ1v) is 13.7. The first-order valence-electron chi connectivity index (χ1n) is 11.4. The van der Waals surface area contributed by atoms with Crippen LogP contribution in [0.25, 0.3) is 10.9 Å². The summed E-state index contributed by atoms with van der Waals surface area (Å²) in [5, 5.41) is 4.33. The summed E-state index contributed by atoms with van der Waals surface area (Å²) in [6.07, 6.45) is 2.40. The number of para-hydroxylation sites is 1. The molecule has 7 nitrogen and oxygen atoms in total. The van der Waals surface area contributed by atoms with Gasteiger partial charge in [-0.05, 0) is 68.1 Å². The molecule has 1 atom stereocenters. The van der Waals surface area contributed by atoms with E-state index in [1.165, 1.54) is 16.1 Å². The third-order valence-corrected chi connectivity index (χ3v) is 9.15. The lowest BCUT2D eigenvalue weighted by atomic mass is 10.1. The van der Waals surface area contributed by atoms with Crippen molar-refractivity contribution >= 4 is 44.3 Å². The van der Waals surface area contributed by atoms with Gasteiger partial charge in [0.15, 0.2) is 0 Å².